The van der Waals surface area contributed by atoms with Crippen LogP contribution in [0, 0.1) is 5.92 Å². The first-order valence-corrected chi connectivity index (χ1v) is 7.12. The van der Waals surface area contributed by atoms with Gasteiger partial charge in [-0.1, -0.05) is 57.0 Å². The number of carboxylic acid groups (broad SMARTS) is 1. The molecule has 1 unspecified atom stereocenters. The van der Waals surface area contributed by atoms with Crippen LogP contribution in [-0.4, -0.2) is 29.1 Å². The summed E-state index contributed by atoms with van der Waals surface area (Å²) in [6.45, 7) is 6.39. The molecule has 0 aromatic heterocycles. The predicted octanol–water partition coefficient (Wildman–Crippen LogP) is 3.40. The molecule has 0 aliphatic heterocycles. The Kier molecular flexibility index (Phi) is 7.19. The fourth-order valence-electron chi connectivity index (χ4n) is 2.13. The average Bonchev–Trinajstić information content (AvgIpc) is 2.40. The summed E-state index contributed by atoms with van der Waals surface area (Å²) >= 11 is 0. The lowest BCUT2D eigenvalue weighted by Gasteiger charge is -2.24. The van der Waals surface area contributed by atoms with Crippen LogP contribution in [0.25, 0.3) is 0 Å². The highest BCUT2D eigenvalue weighted by molar-refractivity contribution is 5.69. The van der Waals surface area contributed by atoms with Gasteiger partial charge < -0.3 is 5.11 Å². The molecule has 0 saturated heterocycles. The molecule has 1 rings (SSSR count). The Hall–Kier alpha value is -1.35. The molecule has 1 N–H and O–H groups in total. The van der Waals surface area contributed by atoms with Crippen LogP contribution >= 0.6 is 0 Å². The monoisotopic (exact) mass is 263 g/mol. The standard InChI is InChI=1S/C16H25NO2/c1-3-4-8-11-17(12-14(2)16(18)19)13-15-9-6-5-7-10-15/h5-7,9-10,14H,3-4,8,11-13H2,1-2H3,(H,18,19). The van der Waals surface area contributed by atoms with E-state index in [-0.39, 0.29) is 5.92 Å². The molecule has 106 valence electrons. The molecular weight excluding hydrogens is 238 g/mol. The van der Waals surface area contributed by atoms with Gasteiger partial charge in [0.1, 0.15) is 0 Å². The number of carbonyl (C=O) groups is 1. The van der Waals surface area contributed by atoms with Crippen LogP contribution in [0.2, 0.25) is 0 Å². The molecule has 19 heavy (non-hydrogen) atoms. The summed E-state index contributed by atoms with van der Waals surface area (Å²) in [5.74, 6) is -1.03. The van der Waals surface area contributed by atoms with Crippen molar-refractivity contribution >= 4 is 5.97 Å². The van der Waals surface area contributed by atoms with Crippen molar-refractivity contribution in [3.63, 3.8) is 0 Å². The van der Waals surface area contributed by atoms with Crippen LogP contribution in [0.4, 0.5) is 0 Å². The van der Waals surface area contributed by atoms with Crippen molar-refractivity contribution in [1.29, 1.82) is 0 Å². The Morgan fingerprint density at radius 3 is 2.53 bits per heavy atom. The van der Waals surface area contributed by atoms with E-state index in [1.165, 1.54) is 18.4 Å². The van der Waals surface area contributed by atoms with Crippen LogP contribution in [0.15, 0.2) is 30.3 Å². The van der Waals surface area contributed by atoms with Gasteiger partial charge in [0.2, 0.25) is 0 Å². The molecular formula is C16H25NO2. The maximum Gasteiger partial charge on any atom is 0.307 e. The van der Waals surface area contributed by atoms with Crippen molar-refractivity contribution < 1.29 is 9.90 Å². The zero-order valence-corrected chi connectivity index (χ0v) is 12.0. The van der Waals surface area contributed by atoms with E-state index in [1.807, 2.05) is 18.2 Å². The second-order valence-corrected chi connectivity index (χ2v) is 5.17. The largest absolute Gasteiger partial charge is 0.481 e. The zero-order chi connectivity index (χ0) is 14.1. The van der Waals surface area contributed by atoms with Crippen LogP contribution in [0.5, 0.6) is 0 Å². The first-order valence-electron chi connectivity index (χ1n) is 7.12. The predicted molar refractivity (Wildman–Crippen MR) is 78.0 cm³/mol. The van der Waals surface area contributed by atoms with E-state index < -0.39 is 5.97 Å². The molecule has 0 fully saturated rings. The second-order valence-electron chi connectivity index (χ2n) is 5.17. The van der Waals surface area contributed by atoms with E-state index in [0.717, 1.165) is 19.5 Å². The van der Waals surface area contributed by atoms with Crippen molar-refractivity contribution in [2.75, 3.05) is 13.1 Å². The van der Waals surface area contributed by atoms with Crippen molar-refractivity contribution in [3.05, 3.63) is 35.9 Å². The lowest BCUT2D eigenvalue weighted by molar-refractivity contribution is -0.141. The first-order chi connectivity index (χ1) is 9.13. The maximum absolute atomic E-state index is 11.0. The smallest absolute Gasteiger partial charge is 0.307 e. The highest BCUT2D eigenvalue weighted by Gasteiger charge is 2.16. The van der Waals surface area contributed by atoms with E-state index >= 15 is 0 Å². The van der Waals surface area contributed by atoms with Gasteiger partial charge in [-0.3, -0.25) is 9.69 Å². The highest BCUT2D eigenvalue weighted by atomic mass is 16.4. The van der Waals surface area contributed by atoms with Gasteiger partial charge in [0.15, 0.2) is 0 Å². The number of hydrogen-bond donors (Lipinski definition) is 1. The Balaban J connectivity index is 2.55. The molecule has 0 amide bonds. The van der Waals surface area contributed by atoms with Crippen molar-refractivity contribution in [2.45, 2.75) is 39.7 Å². The summed E-state index contributed by atoms with van der Waals surface area (Å²) in [6.07, 6.45) is 3.52. The van der Waals surface area contributed by atoms with Crippen molar-refractivity contribution in [1.82, 2.24) is 4.90 Å². The van der Waals surface area contributed by atoms with Gasteiger partial charge in [-0.25, -0.2) is 0 Å². The van der Waals surface area contributed by atoms with E-state index in [2.05, 4.69) is 24.0 Å². The fraction of sp³-hybridized carbons (Fsp3) is 0.562. The topological polar surface area (TPSA) is 40.5 Å². The molecule has 0 bridgehead atoms. The molecule has 1 atom stereocenters. The van der Waals surface area contributed by atoms with Gasteiger partial charge in [0.05, 0.1) is 5.92 Å². The average molecular weight is 263 g/mol. The molecule has 0 aliphatic carbocycles. The van der Waals surface area contributed by atoms with Gasteiger partial charge >= 0.3 is 5.97 Å². The van der Waals surface area contributed by atoms with Crippen LogP contribution in [0.3, 0.4) is 0 Å². The highest BCUT2D eigenvalue weighted by Crippen LogP contribution is 2.09. The summed E-state index contributed by atoms with van der Waals surface area (Å²) in [4.78, 5) is 13.2. The zero-order valence-electron chi connectivity index (χ0n) is 12.0. The minimum Gasteiger partial charge on any atom is -0.481 e. The molecule has 3 nitrogen and oxygen atoms in total. The number of hydrogen-bond acceptors (Lipinski definition) is 2. The van der Waals surface area contributed by atoms with E-state index in [1.54, 1.807) is 6.92 Å². The summed E-state index contributed by atoms with van der Waals surface area (Å²) in [7, 11) is 0. The third kappa shape index (κ3) is 6.39. The Morgan fingerprint density at radius 1 is 1.26 bits per heavy atom. The van der Waals surface area contributed by atoms with E-state index in [0.29, 0.717) is 6.54 Å². The molecule has 0 aliphatic rings. The molecule has 3 heteroatoms. The van der Waals surface area contributed by atoms with Crippen molar-refractivity contribution in [2.24, 2.45) is 5.92 Å². The minimum atomic E-state index is -0.714. The van der Waals surface area contributed by atoms with Crippen molar-refractivity contribution in [3.8, 4) is 0 Å². The van der Waals surface area contributed by atoms with Crippen LogP contribution < -0.4 is 0 Å². The van der Waals surface area contributed by atoms with Crippen LogP contribution in [-0.2, 0) is 11.3 Å². The summed E-state index contributed by atoms with van der Waals surface area (Å²) in [5.41, 5.74) is 1.25. The lowest BCUT2D eigenvalue weighted by atomic mass is 10.1. The number of nitrogens with zero attached hydrogens (tertiary/aromatic N) is 1. The van der Waals surface area contributed by atoms with Gasteiger partial charge in [0.25, 0.3) is 0 Å². The van der Waals surface area contributed by atoms with Gasteiger partial charge in [0, 0.05) is 13.1 Å². The molecule has 0 heterocycles. The third-order valence-corrected chi connectivity index (χ3v) is 3.28. The molecule has 0 spiro atoms. The lowest BCUT2D eigenvalue weighted by Crippen LogP contribution is -2.32. The Morgan fingerprint density at radius 2 is 1.95 bits per heavy atom. The van der Waals surface area contributed by atoms with Gasteiger partial charge in [-0.05, 0) is 18.5 Å². The SMILES string of the molecule is CCCCCN(Cc1ccccc1)CC(C)C(=O)O. The van der Waals surface area contributed by atoms with Crippen LogP contribution in [0.1, 0.15) is 38.7 Å². The summed E-state index contributed by atoms with van der Waals surface area (Å²) < 4.78 is 0. The fourth-order valence-corrected chi connectivity index (χ4v) is 2.13. The number of carboxylic acids is 1. The van der Waals surface area contributed by atoms with Gasteiger partial charge in [-0.15, -0.1) is 0 Å². The Bertz CT molecular complexity index is 364. The quantitative estimate of drug-likeness (QED) is 0.694. The normalized spacial score (nSPS) is 12.6. The molecule has 0 radical (unpaired) electrons. The third-order valence-electron chi connectivity index (χ3n) is 3.28. The molecule has 1 aromatic carbocycles. The second kappa shape index (κ2) is 8.70. The van der Waals surface area contributed by atoms with E-state index in [9.17, 15) is 4.79 Å². The van der Waals surface area contributed by atoms with Gasteiger partial charge in [-0.2, -0.15) is 0 Å². The number of rotatable bonds is 9. The maximum atomic E-state index is 11.0. The number of unbranched alkanes of at least 4 members (excludes halogenated alkanes) is 2. The minimum absolute atomic E-state index is 0.315. The number of aliphatic carboxylic acids is 1. The molecule has 0 saturated carbocycles. The summed E-state index contributed by atoms with van der Waals surface area (Å²) in [5, 5.41) is 9.04. The Labute approximate surface area is 116 Å². The first kappa shape index (κ1) is 15.7. The number of benzene rings is 1. The molecule has 1 aromatic rings. The summed E-state index contributed by atoms with van der Waals surface area (Å²) in [6, 6.07) is 10.3. The van der Waals surface area contributed by atoms with E-state index in [4.69, 9.17) is 5.11 Å².